The molecule has 0 spiro atoms. The van der Waals surface area contributed by atoms with Gasteiger partial charge in [0, 0.05) is 43.4 Å². The van der Waals surface area contributed by atoms with Gasteiger partial charge in [0.2, 0.25) is 5.95 Å². The Kier molecular flexibility index (Phi) is 4.44. The van der Waals surface area contributed by atoms with Crippen LogP contribution in [0.2, 0.25) is 0 Å². The van der Waals surface area contributed by atoms with Crippen molar-refractivity contribution < 1.29 is 0 Å². The van der Waals surface area contributed by atoms with Crippen LogP contribution < -0.4 is 10.2 Å². The summed E-state index contributed by atoms with van der Waals surface area (Å²) in [6.45, 7) is 9.44. The topological polar surface area (TPSA) is 33.1 Å². The number of aryl methyl sites for hydroxylation is 1. The van der Waals surface area contributed by atoms with Crippen LogP contribution in [0.1, 0.15) is 20.8 Å². The largest absolute Gasteiger partial charge is 0.372 e. The molecule has 0 aliphatic rings. The van der Waals surface area contributed by atoms with Crippen molar-refractivity contribution >= 4 is 17.3 Å². The monoisotopic (exact) mass is 258 g/mol. The van der Waals surface area contributed by atoms with Crippen molar-refractivity contribution in [3.63, 3.8) is 0 Å². The summed E-state index contributed by atoms with van der Waals surface area (Å²) >= 11 is 0. The molecule has 0 amide bonds. The maximum Gasteiger partial charge on any atom is 0.207 e. The molecule has 0 aliphatic carbocycles. The molecule has 4 nitrogen and oxygen atoms in total. The Balaban J connectivity index is 2.10. The SMILES string of the molecule is CCN(CC)c1ccc(Nc2nccn2CC)cc1. The van der Waals surface area contributed by atoms with Crippen LogP contribution >= 0.6 is 0 Å². The van der Waals surface area contributed by atoms with Gasteiger partial charge in [-0.25, -0.2) is 4.98 Å². The van der Waals surface area contributed by atoms with Crippen molar-refractivity contribution in [1.82, 2.24) is 9.55 Å². The second-order valence-electron chi connectivity index (χ2n) is 4.38. The summed E-state index contributed by atoms with van der Waals surface area (Å²) in [5.41, 5.74) is 2.33. The van der Waals surface area contributed by atoms with Crippen LogP contribution in [0, 0.1) is 0 Å². The Bertz CT molecular complexity index is 497. The summed E-state index contributed by atoms with van der Waals surface area (Å²) in [6.07, 6.45) is 3.79. The molecule has 0 bridgehead atoms. The normalized spacial score (nSPS) is 10.5. The average Bonchev–Trinajstić information content (AvgIpc) is 2.89. The van der Waals surface area contributed by atoms with E-state index in [9.17, 15) is 0 Å². The zero-order valence-electron chi connectivity index (χ0n) is 11.9. The zero-order chi connectivity index (χ0) is 13.7. The molecule has 1 N–H and O–H groups in total. The van der Waals surface area contributed by atoms with Gasteiger partial charge in [-0.1, -0.05) is 0 Å². The molecule has 1 aromatic heterocycles. The van der Waals surface area contributed by atoms with Crippen molar-refractivity contribution in [2.24, 2.45) is 0 Å². The van der Waals surface area contributed by atoms with Gasteiger partial charge in [-0.05, 0) is 45.0 Å². The van der Waals surface area contributed by atoms with Crippen LogP contribution in [0.4, 0.5) is 17.3 Å². The number of hydrogen-bond acceptors (Lipinski definition) is 3. The van der Waals surface area contributed by atoms with Crippen molar-refractivity contribution in [3.05, 3.63) is 36.7 Å². The fraction of sp³-hybridized carbons (Fsp3) is 0.400. The predicted octanol–water partition coefficient (Wildman–Crippen LogP) is 3.49. The van der Waals surface area contributed by atoms with Crippen LogP contribution in [0.3, 0.4) is 0 Å². The second-order valence-corrected chi connectivity index (χ2v) is 4.38. The van der Waals surface area contributed by atoms with E-state index in [0.717, 1.165) is 31.3 Å². The van der Waals surface area contributed by atoms with Gasteiger partial charge in [0.1, 0.15) is 0 Å². The lowest BCUT2D eigenvalue weighted by Gasteiger charge is -2.21. The van der Waals surface area contributed by atoms with Crippen LogP contribution in [0.15, 0.2) is 36.7 Å². The van der Waals surface area contributed by atoms with Gasteiger partial charge in [0.25, 0.3) is 0 Å². The van der Waals surface area contributed by atoms with E-state index >= 15 is 0 Å². The van der Waals surface area contributed by atoms with Gasteiger partial charge in [-0.2, -0.15) is 0 Å². The molecule has 1 aromatic carbocycles. The number of benzene rings is 1. The van der Waals surface area contributed by atoms with E-state index in [1.54, 1.807) is 0 Å². The summed E-state index contributed by atoms with van der Waals surface area (Å²) in [6, 6.07) is 8.49. The van der Waals surface area contributed by atoms with Crippen molar-refractivity contribution in [2.45, 2.75) is 27.3 Å². The van der Waals surface area contributed by atoms with E-state index in [-0.39, 0.29) is 0 Å². The standard InChI is InChI=1S/C15H22N4/c1-4-18(5-2)14-9-7-13(8-10-14)17-15-16-11-12-19(15)6-3/h7-12H,4-6H2,1-3H3,(H,16,17). The Morgan fingerprint density at radius 1 is 1.11 bits per heavy atom. The first-order valence-electron chi connectivity index (χ1n) is 6.91. The van der Waals surface area contributed by atoms with Gasteiger partial charge in [-0.15, -0.1) is 0 Å². The highest BCUT2D eigenvalue weighted by atomic mass is 15.2. The molecule has 0 radical (unpaired) electrons. The maximum absolute atomic E-state index is 4.31. The van der Waals surface area contributed by atoms with Crippen LogP contribution in [-0.2, 0) is 6.54 Å². The van der Waals surface area contributed by atoms with E-state index in [0.29, 0.717) is 0 Å². The number of aromatic nitrogens is 2. The Labute approximate surface area is 115 Å². The minimum atomic E-state index is 0.887. The molecule has 0 fully saturated rings. The molecule has 1 heterocycles. The maximum atomic E-state index is 4.31. The molecule has 4 heteroatoms. The van der Waals surface area contributed by atoms with Crippen LogP contribution in [0.25, 0.3) is 0 Å². The first-order chi connectivity index (χ1) is 9.28. The molecule has 2 aromatic rings. The number of anilines is 3. The highest BCUT2D eigenvalue weighted by Crippen LogP contribution is 2.20. The average molecular weight is 258 g/mol. The summed E-state index contributed by atoms with van der Waals surface area (Å²) in [5.74, 6) is 0.887. The quantitative estimate of drug-likeness (QED) is 0.861. The van der Waals surface area contributed by atoms with E-state index < -0.39 is 0 Å². The number of nitrogens with zero attached hydrogens (tertiary/aromatic N) is 3. The second kappa shape index (κ2) is 6.27. The van der Waals surface area contributed by atoms with Gasteiger partial charge in [0.05, 0.1) is 0 Å². The van der Waals surface area contributed by atoms with Gasteiger partial charge >= 0.3 is 0 Å². The summed E-state index contributed by atoms with van der Waals surface area (Å²) in [4.78, 5) is 6.64. The fourth-order valence-electron chi connectivity index (χ4n) is 2.16. The Hall–Kier alpha value is -1.97. The van der Waals surface area contributed by atoms with Crippen molar-refractivity contribution in [2.75, 3.05) is 23.3 Å². The lowest BCUT2D eigenvalue weighted by molar-refractivity contribution is 0.772. The Morgan fingerprint density at radius 2 is 1.79 bits per heavy atom. The molecule has 0 atom stereocenters. The third kappa shape index (κ3) is 3.08. The summed E-state index contributed by atoms with van der Waals surface area (Å²) in [7, 11) is 0. The molecule has 0 unspecified atom stereocenters. The first-order valence-corrected chi connectivity index (χ1v) is 6.91. The lowest BCUT2D eigenvalue weighted by atomic mass is 10.2. The molecule has 2 rings (SSSR count). The highest BCUT2D eigenvalue weighted by molar-refractivity contribution is 5.59. The fourth-order valence-corrected chi connectivity index (χ4v) is 2.16. The van der Waals surface area contributed by atoms with E-state index in [4.69, 9.17) is 0 Å². The molecule has 102 valence electrons. The molecular formula is C15H22N4. The number of rotatable bonds is 6. The smallest absolute Gasteiger partial charge is 0.207 e. The zero-order valence-corrected chi connectivity index (χ0v) is 11.9. The molecular weight excluding hydrogens is 236 g/mol. The van der Waals surface area contributed by atoms with Crippen molar-refractivity contribution in [1.29, 1.82) is 0 Å². The summed E-state index contributed by atoms with van der Waals surface area (Å²) in [5, 5.41) is 3.34. The third-order valence-corrected chi connectivity index (χ3v) is 3.31. The molecule has 0 saturated heterocycles. The number of imidazole rings is 1. The predicted molar refractivity (Wildman–Crippen MR) is 81.2 cm³/mol. The molecule has 0 saturated carbocycles. The van der Waals surface area contributed by atoms with Crippen molar-refractivity contribution in [3.8, 4) is 0 Å². The first kappa shape index (κ1) is 13.5. The van der Waals surface area contributed by atoms with E-state index in [1.165, 1.54) is 5.69 Å². The lowest BCUT2D eigenvalue weighted by Crippen LogP contribution is -2.21. The van der Waals surface area contributed by atoms with E-state index in [2.05, 4.69) is 64.8 Å². The van der Waals surface area contributed by atoms with Gasteiger partial charge in [0.15, 0.2) is 0 Å². The van der Waals surface area contributed by atoms with Crippen LogP contribution in [0.5, 0.6) is 0 Å². The van der Waals surface area contributed by atoms with Gasteiger partial charge in [-0.3, -0.25) is 0 Å². The van der Waals surface area contributed by atoms with E-state index in [1.807, 2.05) is 12.4 Å². The third-order valence-electron chi connectivity index (χ3n) is 3.31. The molecule has 19 heavy (non-hydrogen) atoms. The number of nitrogens with one attached hydrogen (secondary N) is 1. The summed E-state index contributed by atoms with van der Waals surface area (Å²) < 4.78 is 2.08. The van der Waals surface area contributed by atoms with Gasteiger partial charge < -0.3 is 14.8 Å². The Morgan fingerprint density at radius 3 is 2.37 bits per heavy atom. The van der Waals surface area contributed by atoms with Crippen LogP contribution in [-0.4, -0.2) is 22.6 Å². The minimum absolute atomic E-state index is 0.887. The highest BCUT2D eigenvalue weighted by Gasteiger charge is 2.03. The molecule has 0 aliphatic heterocycles. The minimum Gasteiger partial charge on any atom is -0.372 e. The number of hydrogen-bond donors (Lipinski definition) is 1.